The fourth-order valence-corrected chi connectivity index (χ4v) is 4.25. The zero-order valence-electron chi connectivity index (χ0n) is 18.2. The van der Waals surface area contributed by atoms with Gasteiger partial charge in [0, 0.05) is 29.6 Å². The van der Waals surface area contributed by atoms with Gasteiger partial charge in [0.25, 0.3) is 5.56 Å². The number of carbonyl (C=O) groups is 1. The number of hydrogen-bond donors (Lipinski definition) is 3. The number of H-pyrrole nitrogens is 2. The summed E-state index contributed by atoms with van der Waals surface area (Å²) in [5.74, 6) is 0.885. The second kappa shape index (κ2) is 10.8. The summed E-state index contributed by atoms with van der Waals surface area (Å²) < 4.78 is 6.97. The van der Waals surface area contributed by atoms with Crippen LogP contribution < -0.4 is 21.3 Å². The largest absolute Gasteiger partial charge is 0.497 e. The van der Waals surface area contributed by atoms with E-state index in [1.807, 2.05) is 12.1 Å². The summed E-state index contributed by atoms with van der Waals surface area (Å²) in [6.45, 7) is 0. The molecule has 0 atom stereocenters. The van der Waals surface area contributed by atoms with Gasteiger partial charge in [-0.3, -0.25) is 19.1 Å². The van der Waals surface area contributed by atoms with Gasteiger partial charge in [-0.05, 0) is 42.5 Å². The Balaban J connectivity index is 1.59. The number of carbonyl (C=O) groups excluding carboxylic acids is 1. The normalized spacial score (nSPS) is 10.8. The molecule has 0 aliphatic heterocycles. The van der Waals surface area contributed by atoms with Gasteiger partial charge in [-0.15, -0.1) is 10.2 Å². The number of ether oxygens (including phenoxy) is 1. The first-order valence-electron chi connectivity index (χ1n) is 10.1. The first-order valence-corrected chi connectivity index (χ1v) is 11.9. The molecule has 3 N–H and O–H groups in total. The number of rotatable bonds is 8. The first kappa shape index (κ1) is 24.6. The van der Waals surface area contributed by atoms with Crippen molar-refractivity contribution in [3.63, 3.8) is 0 Å². The molecule has 0 radical (unpaired) electrons. The van der Waals surface area contributed by atoms with Crippen LogP contribution >= 0.6 is 35.0 Å². The van der Waals surface area contributed by atoms with Gasteiger partial charge in [0.2, 0.25) is 5.91 Å². The van der Waals surface area contributed by atoms with Gasteiger partial charge < -0.3 is 15.0 Å². The third-order valence-electron chi connectivity index (χ3n) is 4.73. The molecule has 4 rings (SSSR count). The van der Waals surface area contributed by atoms with E-state index in [2.05, 4.69) is 25.5 Å². The summed E-state index contributed by atoms with van der Waals surface area (Å²) in [7, 11) is 1.57. The summed E-state index contributed by atoms with van der Waals surface area (Å²) >= 11 is 13.1. The van der Waals surface area contributed by atoms with Gasteiger partial charge in [0.15, 0.2) is 5.16 Å². The lowest BCUT2D eigenvalue weighted by Crippen LogP contribution is -2.23. The SMILES string of the molecule is COc1ccc(-n2c(Cc3cc(=O)[nH]c(=O)[nH]3)nnc2SCC(=O)Nc2ccc(Cl)c(Cl)c2)cc1. The number of anilines is 1. The smallest absolute Gasteiger partial charge is 0.325 e. The molecule has 2 heterocycles. The van der Waals surface area contributed by atoms with Crippen LogP contribution in [0.2, 0.25) is 10.0 Å². The summed E-state index contributed by atoms with van der Waals surface area (Å²) in [6, 6.07) is 13.3. The lowest BCUT2D eigenvalue weighted by atomic mass is 10.2. The van der Waals surface area contributed by atoms with Crippen molar-refractivity contribution >= 4 is 46.6 Å². The van der Waals surface area contributed by atoms with Crippen molar-refractivity contribution in [3.8, 4) is 11.4 Å². The van der Waals surface area contributed by atoms with Crippen molar-refractivity contribution in [2.24, 2.45) is 0 Å². The molecule has 1 amide bonds. The third kappa shape index (κ3) is 6.13. The average molecular weight is 533 g/mol. The molecular formula is C22H18Cl2N6O4S. The molecule has 0 aliphatic carbocycles. The lowest BCUT2D eigenvalue weighted by molar-refractivity contribution is -0.113. The molecule has 0 saturated carbocycles. The highest BCUT2D eigenvalue weighted by atomic mass is 35.5. The average Bonchev–Trinajstić information content (AvgIpc) is 3.21. The van der Waals surface area contributed by atoms with Crippen molar-refractivity contribution in [1.82, 2.24) is 24.7 Å². The fraction of sp³-hybridized carbons (Fsp3) is 0.136. The molecule has 0 bridgehead atoms. The van der Waals surface area contributed by atoms with Crippen LogP contribution in [0.5, 0.6) is 5.75 Å². The highest BCUT2D eigenvalue weighted by Crippen LogP contribution is 2.27. The van der Waals surface area contributed by atoms with E-state index in [0.717, 1.165) is 0 Å². The van der Waals surface area contributed by atoms with E-state index in [0.29, 0.717) is 43.8 Å². The van der Waals surface area contributed by atoms with Gasteiger partial charge in [-0.1, -0.05) is 35.0 Å². The summed E-state index contributed by atoms with van der Waals surface area (Å²) in [5, 5.41) is 12.4. The minimum atomic E-state index is -0.614. The molecule has 2 aromatic carbocycles. The predicted octanol–water partition coefficient (Wildman–Crippen LogP) is 3.28. The van der Waals surface area contributed by atoms with E-state index < -0.39 is 11.2 Å². The maximum atomic E-state index is 12.5. The molecule has 0 unspecified atom stereocenters. The quantitative estimate of drug-likeness (QED) is 0.296. The number of thioether (sulfide) groups is 1. The zero-order chi connectivity index (χ0) is 24.9. The van der Waals surface area contributed by atoms with Crippen molar-refractivity contribution < 1.29 is 9.53 Å². The lowest BCUT2D eigenvalue weighted by Gasteiger charge is -2.11. The molecule has 0 saturated heterocycles. The van der Waals surface area contributed by atoms with Crippen LogP contribution in [0.3, 0.4) is 0 Å². The van der Waals surface area contributed by atoms with Crippen LogP contribution in [-0.4, -0.2) is 43.5 Å². The van der Waals surface area contributed by atoms with E-state index in [1.54, 1.807) is 42.0 Å². The number of nitrogens with one attached hydrogen (secondary N) is 3. The summed E-state index contributed by atoms with van der Waals surface area (Å²) in [5.41, 5.74) is 0.463. The number of benzene rings is 2. The van der Waals surface area contributed by atoms with Gasteiger partial charge in [-0.25, -0.2) is 4.79 Å². The monoisotopic (exact) mass is 532 g/mol. The Hall–Kier alpha value is -3.54. The van der Waals surface area contributed by atoms with Gasteiger partial charge in [-0.2, -0.15) is 0 Å². The number of nitrogens with zero attached hydrogens (tertiary/aromatic N) is 3. The molecule has 10 nitrogen and oxygen atoms in total. The van der Waals surface area contributed by atoms with Crippen molar-refractivity contribution in [2.75, 3.05) is 18.2 Å². The molecule has 0 aliphatic rings. The van der Waals surface area contributed by atoms with Gasteiger partial charge in [0.05, 0.1) is 22.9 Å². The molecule has 180 valence electrons. The second-order valence-corrected chi connectivity index (χ2v) is 8.94. The summed E-state index contributed by atoms with van der Waals surface area (Å²) in [4.78, 5) is 40.6. The zero-order valence-corrected chi connectivity index (χ0v) is 20.5. The molecule has 4 aromatic rings. The summed E-state index contributed by atoms with van der Waals surface area (Å²) in [6.07, 6.45) is 0.133. The van der Waals surface area contributed by atoms with Crippen molar-refractivity contribution in [2.45, 2.75) is 11.6 Å². The Labute approximate surface area is 212 Å². The van der Waals surface area contributed by atoms with E-state index in [4.69, 9.17) is 27.9 Å². The Morgan fingerprint density at radius 3 is 2.51 bits per heavy atom. The fourth-order valence-electron chi connectivity index (χ4n) is 3.18. The van der Waals surface area contributed by atoms with E-state index in [-0.39, 0.29) is 18.1 Å². The van der Waals surface area contributed by atoms with E-state index in [9.17, 15) is 14.4 Å². The first-order chi connectivity index (χ1) is 16.8. The number of hydrogen-bond acceptors (Lipinski definition) is 7. The standard InChI is InChI=1S/C22H18Cl2N6O4S/c1-34-15-5-3-14(4-6-15)30-18(9-13-10-19(31)27-21(33)26-13)28-29-22(30)35-11-20(32)25-12-2-7-16(23)17(24)8-12/h2-8,10H,9,11H2,1H3,(H,25,32)(H2,26,27,31,33). The molecule has 2 aromatic heterocycles. The van der Waals surface area contributed by atoms with Crippen LogP contribution in [-0.2, 0) is 11.2 Å². The molecule has 0 fully saturated rings. The maximum absolute atomic E-state index is 12.5. The van der Waals surface area contributed by atoms with E-state index >= 15 is 0 Å². The number of halogens is 2. The number of aromatic nitrogens is 5. The van der Waals surface area contributed by atoms with Crippen molar-refractivity contribution in [1.29, 1.82) is 0 Å². The van der Waals surface area contributed by atoms with Crippen LogP contribution in [0.25, 0.3) is 5.69 Å². The molecule has 35 heavy (non-hydrogen) atoms. The Kier molecular flexibility index (Phi) is 7.59. The predicted molar refractivity (Wildman–Crippen MR) is 134 cm³/mol. The Morgan fingerprint density at radius 1 is 1.06 bits per heavy atom. The number of amides is 1. The topological polar surface area (TPSA) is 135 Å². The van der Waals surface area contributed by atoms with Crippen LogP contribution in [0.15, 0.2) is 63.3 Å². The maximum Gasteiger partial charge on any atom is 0.325 e. The minimum absolute atomic E-state index is 0.0381. The molecule has 0 spiro atoms. The van der Waals surface area contributed by atoms with Gasteiger partial charge >= 0.3 is 5.69 Å². The Morgan fingerprint density at radius 2 is 1.83 bits per heavy atom. The number of methoxy groups -OCH3 is 1. The van der Waals surface area contributed by atoms with Crippen LogP contribution in [0, 0.1) is 0 Å². The highest BCUT2D eigenvalue weighted by Gasteiger charge is 2.17. The second-order valence-electron chi connectivity index (χ2n) is 7.19. The molecule has 13 heteroatoms. The highest BCUT2D eigenvalue weighted by molar-refractivity contribution is 7.99. The van der Waals surface area contributed by atoms with E-state index in [1.165, 1.54) is 17.8 Å². The van der Waals surface area contributed by atoms with Gasteiger partial charge in [0.1, 0.15) is 11.6 Å². The third-order valence-corrected chi connectivity index (χ3v) is 6.40. The number of aromatic amines is 2. The molecular weight excluding hydrogens is 515 g/mol. The van der Waals surface area contributed by atoms with Crippen LogP contribution in [0.4, 0.5) is 5.69 Å². The van der Waals surface area contributed by atoms with Crippen molar-refractivity contribution in [3.05, 3.63) is 90.9 Å². The van der Waals surface area contributed by atoms with Crippen LogP contribution in [0.1, 0.15) is 11.5 Å². The minimum Gasteiger partial charge on any atom is -0.497 e. The Bertz CT molecular complexity index is 1450.